The van der Waals surface area contributed by atoms with E-state index < -0.39 is 17.9 Å². The summed E-state index contributed by atoms with van der Waals surface area (Å²) in [5, 5.41) is 25.9. The molecular weight excluding hydrogens is 977 g/mol. The highest BCUT2D eigenvalue weighted by Gasteiger charge is 2.13. The van der Waals surface area contributed by atoms with Crippen LogP contribution < -0.4 is 0 Å². The first kappa shape index (κ1) is 41.3. The molecule has 0 fully saturated rings. The summed E-state index contributed by atoms with van der Waals surface area (Å²) in [4.78, 5) is 0. The molecule has 266 valence electrons. The molecule has 0 radical (unpaired) electrons. The molecule has 0 aliphatic carbocycles. The lowest BCUT2D eigenvalue weighted by Gasteiger charge is -1.95. The molecule has 2 N–H and O–H groups in total. The molecule has 4 heterocycles. The first-order valence-corrected chi connectivity index (χ1v) is 22.8. The zero-order valence-corrected chi connectivity index (χ0v) is 37.5. The monoisotopic (exact) mass is 1010 g/mol. The Morgan fingerprint density at radius 1 is 0.642 bits per heavy atom. The normalized spacial score (nSPS) is 11.8. The van der Waals surface area contributed by atoms with Gasteiger partial charge in [-0.3, -0.25) is 0 Å². The molecule has 1 atom stereocenters. The molecule has 0 aliphatic rings. The molecule has 4 aromatic heterocycles. The van der Waals surface area contributed by atoms with E-state index in [0.29, 0.717) is 0 Å². The van der Waals surface area contributed by atoms with Crippen molar-refractivity contribution < 1.29 is 14.3 Å². The standard InChI is InChI=1S/C20H16S2.C14H6I2S2.C5H4OS.C3H7BO2/c1-3-5-13-7-9-15-17(11-13)21-20-16-10-8-14(6-4-2)12-18(16)22-19(15)20;15-7-1-3-9-11(5-7)17-14-10-4-2-8(16)6-12(10)18-13(9)14;1-3-5-7(6)4-2;1-2-3-4(5)6/h3-12H,1-2H3;1-6H;2H,1H3;2-3,5-6H,1H3/b5-3+,6-4+;;;3-2-. The Bertz CT molecular complexity index is 2620. The van der Waals surface area contributed by atoms with Gasteiger partial charge in [0.15, 0.2) is 10.8 Å². The summed E-state index contributed by atoms with van der Waals surface area (Å²) in [5.41, 5.74) is 2.56. The lowest BCUT2D eigenvalue weighted by Crippen LogP contribution is -2.04. The minimum atomic E-state index is -1.36. The Labute approximate surface area is 356 Å². The summed E-state index contributed by atoms with van der Waals surface area (Å²) in [7, 11) is -2.64. The zero-order chi connectivity index (χ0) is 38.1. The van der Waals surface area contributed by atoms with Gasteiger partial charge in [0, 0.05) is 58.0 Å². The van der Waals surface area contributed by atoms with Crippen LogP contribution in [-0.4, -0.2) is 21.4 Å². The third kappa shape index (κ3) is 10.3. The summed E-state index contributed by atoms with van der Waals surface area (Å²) in [6.07, 6.45) is 14.8. The Morgan fingerprint density at radius 2 is 1.02 bits per heavy atom. The lowest BCUT2D eigenvalue weighted by atomic mass is 9.92. The SMILES string of the molecule is C#CS(=O)C#CC.C/C=C/c1ccc2c(c1)sc1c3ccc(/C=C/C)cc3sc21.C/C=C\B(O)O.Ic1ccc2c(c1)sc1c3ccc(I)cc3sc21. The average molecular weight is 1010 g/mol. The molecule has 8 aromatic rings. The molecule has 11 heteroatoms. The van der Waals surface area contributed by atoms with Crippen molar-refractivity contribution in [1.82, 2.24) is 0 Å². The Morgan fingerprint density at radius 3 is 1.30 bits per heavy atom. The van der Waals surface area contributed by atoms with Crippen LogP contribution in [0, 0.1) is 30.0 Å². The molecule has 0 saturated heterocycles. The van der Waals surface area contributed by atoms with Crippen molar-refractivity contribution in [2.24, 2.45) is 0 Å². The number of hydrogen-bond donors (Lipinski definition) is 2. The molecule has 3 nitrogen and oxygen atoms in total. The van der Waals surface area contributed by atoms with Gasteiger partial charge in [-0.05, 0) is 120 Å². The maximum Gasteiger partial charge on any atom is 0.480 e. The highest BCUT2D eigenvalue weighted by atomic mass is 127. The molecule has 0 spiro atoms. The van der Waals surface area contributed by atoms with E-state index in [0.717, 1.165) is 0 Å². The number of terminal acetylenes is 1. The fourth-order valence-electron chi connectivity index (χ4n) is 5.38. The molecule has 0 amide bonds. The average Bonchev–Trinajstić information content (AvgIpc) is 3.86. The van der Waals surface area contributed by atoms with E-state index >= 15 is 0 Å². The quantitative estimate of drug-likeness (QED) is 0.105. The summed E-state index contributed by atoms with van der Waals surface area (Å²) >= 11 is 12.4. The zero-order valence-electron chi connectivity index (χ0n) is 29.1. The molecule has 0 saturated carbocycles. The molecule has 4 aromatic carbocycles. The van der Waals surface area contributed by atoms with Gasteiger partial charge in [-0.2, -0.15) is 0 Å². The second-order valence-corrected chi connectivity index (χ2v) is 18.9. The first-order valence-electron chi connectivity index (χ1n) is 16.2. The summed E-state index contributed by atoms with van der Waals surface area (Å²) in [6.45, 7) is 7.44. The van der Waals surface area contributed by atoms with Crippen LogP contribution in [0.25, 0.3) is 71.3 Å². The van der Waals surface area contributed by atoms with Crippen molar-refractivity contribution in [1.29, 1.82) is 0 Å². The van der Waals surface area contributed by atoms with Crippen LogP contribution in [0.4, 0.5) is 0 Å². The minimum absolute atomic E-state index is 1.28. The fourth-order valence-corrected chi connectivity index (χ4v) is 12.5. The van der Waals surface area contributed by atoms with E-state index in [1.165, 1.54) is 83.4 Å². The van der Waals surface area contributed by atoms with Gasteiger partial charge < -0.3 is 10.0 Å². The van der Waals surface area contributed by atoms with Gasteiger partial charge in [0.05, 0.1) is 18.8 Å². The van der Waals surface area contributed by atoms with E-state index in [1.54, 1.807) is 19.9 Å². The molecule has 8 rings (SSSR count). The lowest BCUT2D eigenvalue weighted by molar-refractivity contribution is 0.424. The second-order valence-electron chi connectivity index (χ2n) is 11.2. The Kier molecular flexibility index (Phi) is 15.3. The van der Waals surface area contributed by atoms with Gasteiger partial charge in [-0.25, -0.2) is 4.21 Å². The first-order chi connectivity index (χ1) is 25.6. The van der Waals surface area contributed by atoms with Crippen molar-refractivity contribution in [2.75, 3.05) is 0 Å². The predicted octanol–water partition coefficient (Wildman–Crippen LogP) is 13.7. The van der Waals surface area contributed by atoms with Crippen LogP contribution in [-0.2, 0) is 10.8 Å². The number of fused-ring (bicyclic) bond motifs is 10. The fraction of sp³-hybridized carbons (Fsp3) is 0.0952. The van der Waals surface area contributed by atoms with Crippen LogP contribution in [0.3, 0.4) is 0 Å². The summed E-state index contributed by atoms with van der Waals surface area (Å²) in [6, 6.07) is 27.0. The number of benzene rings is 4. The molecule has 0 aliphatic heterocycles. The van der Waals surface area contributed by atoms with Gasteiger partial charge in [-0.1, -0.05) is 78.7 Å². The largest absolute Gasteiger partial charge is 0.480 e. The number of halogens is 2. The van der Waals surface area contributed by atoms with Crippen molar-refractivity contribution in [3.05, 3.63) is 115 Å². The van der Waals surface area contributed by atoms with Crippen molar-refractivity contribution in [2.45, 2.75) is 27.7 Å². The molecule has 0 bridgehead atoms. The number of thiophene rings is 4. The van der Waals surface area contributed by atoms with Gasteiger partial charge in [0.25, 0.3) is 0 Å². The highest BCUT2D eigenvalue weighted by molar-refractivity contribution is 14.1. The van der Waals surface area contributed by atoms with Crippen LogP contribution >= 0.6 is 90.5 Å². The third-order valence-electron chi connectivity index (χ3n) is 7.52. The molecular formula is C42H33BI2O3S5. The van der Waals surface area contributed by atoms with Crippen LogP contribution in [0.2, 0.25) is 0 Å². The number of rotatable bonds is 3. The van der Waals surface area contributed by atoms with E-state index in [9.17, 15) is 4.21 Å². The second kappa shape index (κ2) is 19.7. The van der Waals surface area contributed by atoms with Crippen LogP contribution in [0.15, 0.2) is 97.0 Å². The predicted molar refractivity (Wildman–Crippen MR) is 260 cm³/mol. The van der Waals surface area contributed by atoms with E-state index in [1.807, 2.05) is 50.6 Å². The van der Waals surface area contributed by atoms with Gasteiger partial charge in [0.2, 0.25) is 0 Å². The Balaban J connectivity index is 0.000000156. The van der Waals surface area contributed by atoms with E-state index in [4.69, 9.17) is 16.5 Å². The Hall–Kier alpha value is -2.83. The van der Waals surface area contributed by atoms with Gasteiger partial charge >= 0.3 is 7.12 Å². The molecule has 53 heavy (non-hydrogen) atoms. The summed E-state index contributed by atoms with van der Waals surface area (Å²) < 4.78 is 24.1. The maximum absolute atomic E-state index is 10.1. The maximum atomic E-state index is 10.1. The van der Waals surface area contributed by atoms with Crippen LogP contribution in [0.1, 0.15) is 38.8 Å². The van der Waals surface area contributed by atoms with Crippen molar-refractivity contribution >= 4 is 180 Å². The number of hydrogen-bond acceptors (Lipinski definition) is 7. The van der Waals surface area contributed by atoms with Crippen molar-refractivity contribution in [3.63, 3.8) is 0 Å². The van der Waals surface area contributed by atoms with E-state index in [-0.39, 0.29) is 0 Å². The van der Waals surface area contributed by atoms with Gasteiger partial charge in [0.1, 0.15) is 0 Å². The molecule has 1 unspecified atom stereocenters. The smallest absolute Gasteiger partial charge is 0.424 e. The summed E-state index contributed by atoms with van der Waals surface area (Å²) in [5.74, 6) is 3.70. The minimum Gasteiger partial charge on any atom is -0.424 e. The topological polar surface area (TPSA) is 57.5 Å². The van der Waals surface area contributed by atoms with Crippen LogP contribution in [0.5, 0.6) is 0 Å². The third-order valence-corrected chi connectivity index (χ3v) is 14.5. The highest BCUT2D eigenvalue weighted by Crippen LogP contribution is 2.46. The van der Waals surface area contributed by atoms with Crippen molar-refractivity contribution in [3.8, 4) is 22.8 Å². The van der Waals surface area contributed by atoms with Gasteiger partial charge in [-0.15, -0.1) is 51.8 Å². The number of allylic oxidation sites excluding steroid dienone is 3. The van der Waals surface area contributed by atoms with E-state index in [2.05, 4.69) is 167 Å².